The molecule has 0 aliphatic carbocycles. The Labute approximate surface area is 105 Å². The smallest absolute Gasteiger partial charge is 0.0940 e. The molecule has 1 N–H and O–H groups in total. The van der Waals surface area contributed by atoms with Crippen LogP contribution in [0.15, 0.2) is 0 Å². The Morgan fingerprint density at radius 1 is 1.47 bits per heavy atom. The third-order valence-electron chi connectivity index (χ3n) is 2.76. The van der Waals surface area contributed by atoms with Crippen LogP contribution >= 0.6 is 0 Å². The zero-order valence-electron chi connectivity index (χ0n) is 11.6. The predicted octanol–water partition coefficient (Wildman–Crippen LogP) is 1.13. The van der Waals surface area contributed by atoms with Crippen molar-refractivity contribution < 1.29 is 14.6 Å². The van der Waals surface area contributed by atoms with Gasteiger partial charge in [-0.25, -0.2) is 0 Å². The average molecular weight is 245 g/mol. The highest BCUT2D eigenvalue weighted by Gasteiger charge is 2.32. The van der Waals surface area contributed by atoms with Gasteiger partial charge in [0.1, 0.15) is 0 Å². The molecule has 17 heavy (non-hydrogen) atoms. The molecule has 0 spiro atoms. The number of rotatable bonds is 6. The molecule has 0 aromatic heterocycles. The van der Waals surface area contributed by atoms with Gasteiger partial charge in [0.05, 0.1) is 24.9 Å². The minimum Gasteiger partial charge on any atom is -0.394 e. The fourth-order valence-electron chi connectivity index (χ4n) is 2.19. The standard InChI is InChI=1S/C13H27NO3/c1-11(2)9-16-6-5-14-7-12(8-15)17-13(3,4)10-14/h11-12,15H,5-10H2,1-4H3. The van der Waals surface area contributed by atoms with E-state index in [9.17, 15) is 5.11 Å². The van der Waals surface area contributed by atoms with Crippen LogP contribution in [0.1, 0.15) is 27.7 Å². The van der Waals surface area contributed by atoms with Crippen molar-refractivity contribution in [1.82, 2.24) is 4.90 Å². The summed E-state index contributed by atoms with van der Waals surface area (Å²) < 4.78 is 11.4. The van der Waals surface area contributed by atoms with Gasteiger partial charge in [0.15, 0.2) is 0 Å². The maximum absolute atomic E-state index is 9.20. The van der Waals surface area contributed by atoms with Crippen molar-refractivity contribution in [3.8, 4) is 0 Å². The van der Waals surface area contributed by atoms with Gasteiger partial charge < -0.3 is 14.6 Å². The Balaban J connectivity index is 2.27. The van der Waals surface area contributed by atoms with Gasteiger partial charge in [-0.05, 0) is 19.8 Å². The predicted molar refractivity (Wildman–Crippen MR) is 68.1 cm³/mol. The third kappa shape index (κ3) is 5.82. The molecular formula is C13H27NO3. The Hall–Kier alpha value is -0.160. The summed E-state index contributed by atoms with van der Waals surface area (Å²) in [5.41, 5.74) is -0.177. The highest BCUT2D eigenvalue weighted by molar-refractivity contribution is 4.83. The maximum Gasteiger partial charge on any atom is 0.0940 e. The molecule has 0 aromatic rings. The zero-order valence-corrected chi connectivity index (χ0v) is 11.6. The molecule has 0 radical (unpaired) electrons. The van der Waals surface area contributed by atoms with Gasteiger partial charge in [0, 0.05) is 26.2 Å². The fraction of sp³-hybridized carbons (Fsp3) is 1.00. The minimum absolute atomic E-state index is 0.0659. The molecule has 1 unspecified atom stereocenters. The largest absolute Gasteiger partial charge is 0.394 e. The molecule has 4 heteroatoms. The lowest BCUT2D eigenvalue weighted by atomic mass is 10.1. The molecule has 1 aliphatic rings. The number of hydrogen-bond donors (Lipinski definition) is 1. The molecule has 0 aromatic carbocycles. The van der Waals surface area contributed by atoms with E-state index in [1.54, 1.807) is 0 Å². The normalized spacial score (nSPS) is 25.4. The van der Waals surface area contributed by atoms with Crippen LogP contribution in [0, 0.1) is 5.92 Å². The first-order valence-corrected chi connectivity index (χ1v) is 6.52. The summed E-state index contributed by atoms with van der Waals surface area (Å²) in [6.45, 7) is 12.7. The minimum atomic E-state index is -0.177. The SMILES string of the molecule is CC(C)COCCN1CC(CO)OC(C)(C)C1. The Morgan fingerprint density at radius 3 is 2.76 bits per heavy atom. The summed E-state index contributed by atoms with van der Waals surface area (Å²) in [7, 11) is 0. The molecular weight excluding hydrogens is 218 g/mol. The van der Waals surface area contributed by atoms with Crippen LogP contribution < -0.4 is 0 Å². The first kappa shape index (κ1) is 14.9. The van der Waals surface area contributed by atoms with Gasteiger partial charge in [0.25, 0.3) is 0 Å². The molecule has 1 heterocycles. The monoisotopic (exact) mass is 245 g/mol. The van der Waals surface area contributed by atoms with Crippen molar-refractivity contribution in [3.05, 3.63) is 0 Å². The number of nitrogens with zero attached hydrogens (tertiary/aromatic N) is 1. The van der Waals surface area contributed by atoms with E-state index in [1.165, 1.54) is 0 Å². The van der Waals surface area contributed by atoms with Gasteiger partial charge >= 0.3 is 0 Å². The third-order valence-corrected chi connectivity index (χ3v) is 2.76. The van der Waals surface area contributed by atoms with Crippen LogP contribution in [0.4, 0.5) is 0 Å². The van der Waals surface area contributed by atoms with Crippen LogP contribution in [0.2, 0.25) is 0 Å². The molecule has 1 aliphatic heterocycles. The van der Waals surface area contributed by atoms with Crippen LogP contribution in [0.3, 0.4) is 0 Å². The molecule has 102 valence electrons. The van der Waals surface area contributed by atoms with Crippen LogP contribution in [0.5, 0.6) is 0 Å². The summed E-state index contributed by atoms with van der Waals surface area (Å²) in [4.78, 5) is 2.31. The van der Waals surface area contributed by atoms with Gasteiger partial charge in [-0.3, -0.25) is 4.90 Å². The summed E-state index contributed by atoms with van der Waals surface area (Å²) >= 11 is 0. The number of aliphatic hydroxyl groups excluding tert-OH is 1. The Kier molecular flexibility index (Phi) is 5.86. The topological polar surface area (TPSA) is 41.9 Å². The summed E-state index contributed by atoms with van der Waals surface area (Å²) in [5, 5.41) is 9.20. The van der Waals surface area contributed by atoms with Gasteiger partial charge in [0.2, 0.25) is 0 Å². The fourth-order valence-corrected chi connectivity index (χ4v) is 2.19. The number of hydrogen-bond acceptors (Lipinski definition) is 4. The van der Waals surface area contributed by atoms with Crippen molar-refractivity contribution in [1.29, 1.82) is 0 Å². The van der Waals surface area contributed by atoms with E-state index in [1.807, 2.05) is 0 Å². The Morgan fingerprint density at radius 2 is 2.18 bits per heavy atom. The van der Waals surface area contributed by atoms with Gasteiger partial charge in [-0.2, -0.15) is 0 Å². The highest BCUT2D eigenvalue weighted by Crippen LogP contribution is 2.20. The molecule has 1 fully saturated rings. The van der Waals surface area contributed by atoms with Crippen molar-refractivity contribution >= 4 is 0 Å². The van der Waals surface area contributed by atoms with Crippen molar-refractivity contribution in [2.45, 2.75) is 39.4 Å². The van der Waals surface area contributed by atoms with Gasteiger partial charge in [-0.15, -0.1) is 0 Å². The summed E-state index contributed by atoms with van der Waals surface area (Å²) in [5.74, 6) is 0.585. The molecule has 0 bridgehead atoms. The second-order valence-electron chi connectivity index (χ2n) is 5.89. The lowest BCUT2D eigenvalue weighted by Crippen LogP contribution is -2.54. The quantitative estimate of drug-likeness (QED) is 0.712. The van der Waals surface area contributed by atoms with E-state index in [-0.39, 0.29) is 18.3 Å². The number of ether oxygens (including phenoxy) is 2. The van der Waals surface area contributed by atoms with Crippen LogP contribution in [-0.4, -0.2) is 61.2 Å². The first-order valence-electron chi connectivity index (χ1n) is 6.52. The first-order chi connectivity index (χ1) is 7.93. The second kappa shape index (κ2) is 6.69. The van der Waals surface area contributed by atoms with E-state index in [0.717, 1.165) is 32.8 Å². The summed E-state index contributed by atoms with van der Waals surface area (Å²) in [6.07, 6.45) is -0.0659. The lowest BCUT2D eigenvalue weighted by molar-refractivity contribution is -0.151. The second-order valence-corrected chi connectivity index (χ2v) is 5.89. The van der Waals surface area contributed by atoms with Crippen LogP contribution in [-0.2, 0) is 9.47 Å². The van der Waals surface area contributed by atoms with Crippen molar-refractivity contribution in [2.75, 3.05) is 39.5 Å². The van der Waals surface area contributed by atoms with E-state index in [0.29, 0.717) is 5.92 Å². The van der Waals surface area contributed by atoms with E-state index in [2.05, 4.69) is 32.6 Å². The molecule has 1 rings (SSSR count). The molecule has 1 atom stereocenters. The molecule has 4 nitrogen and oxygen atoms in total. The van der Waals surface area contributed by atoms with Crippen molar-refractivity contribution in [3.63, 3.8) is 0 Å². The van der Waals surface area contributed by atoms with E-state index in [4.69, 9.17) is 9.47 Å². The van der Waals surface area contributed by atoms with Crippen molar-refractivity contribution in [2.24, 2.45) is 5.92 Å². The number of morpholine rings is 1. The average Bonchev–Trinajstić information content (AvgIpc) is 2.22. The molecule has 0 amide bonds. The zero-order chi connectivity index (χ0) is 12.9. The molecule has 0 saturated carbocycles. The van der Waals surface area contributed by atoms with E-state index >= 15 is 0 Å². The number of aliphatic hydroxyl groups is 1. The maximum atomic E-state index is 9.20. The molecule has 1 saturated heterocycles. The Bertz CT molecular complexity index is 219. The highest BCUT2D eigenvalue weighted by atomic mass is 16.5. The summed E-state index contributed by atoms with van der Waals surface area (Å²) in [6, 6.07) is 0. The van der Waals surface area contributed by atoms with E-state index < -0.39 is 0 Å². The van der Waals surface area contributed by atoms with Gasteiger partial charge in [-0.1, -0.05) is 13.8 Å². The van der Waals surface area contributed by atoms with Crippen LogP contribution in [0.25, 0.3) is 0 Å². The lowest BCUT2D eigenvalue weighted by Gasteiger charge is -2.42.